The van der Waals surface area contributed by atoms with Crippen molar-refractivity contribution < 1.29 is 9.32 Å². The molecule has 5 rings (SSSR count). The van der Waals surface area contributed by atoms with E-state index in [2.05, 4.69) is 20.1 Å². The molecule has 2 aromatic heterocycles. The predicted octanol–water partition coefficient (Wildman–Crippen LogP) is 3.06. The van der Waals surface area contributed by atoms with Crippen LogP contribution in [0.2, 0.25) is 0 Å². The van der Waals surface area contributed by atoms with E-state index in [1.807, 2.05) is 37.4 Å². The number of carbonyl (C=O) groups excluding carboxylic acids is 1. The van der Waals surface area contributed by atoms with Crippen molar-refractivity contribution in [1.82, 2.24) is 25.0 Å². The number of nitrogens with zero attached hydrogens (tertiary/aromatic N) is 5. The van der Waals surface area contributed by atoms with Gasteiger partial charge < -0.3 is 15.2 Å². The lowest BCUT2D eigenvalue weighted by Gasteiger charge is -2.37. The van der Waals surface area contributed by atoms with Crippen LogP contribution in [0.5, 0.6) is 0 Å². The number of amides is 1. The zero-order chi connectivity index (χ0) is 20.0. The molecule has 8 heteroatoms. The summed E-state index contributed by atoms with van der Waals surface area (Å²) in [4.78, 5) is 27.6. The number of benzene rings is 1. The van der Waals surface area contributed by atoms with Crippen molar-refractivity contribution >= 4 is 11.7 Å². The second kappa shape index (κ2) is 6.95. The maximum Gasteiger partial charge on any atom is 0.232 e. The second-order valence-corrected chi connectivity index (χ2v) is 7.76. The molecule has 1 amide bonds. The van der Waals surface area contributed by atoms with E-state index in [1.165, 1.54) is 0 Å². The average Bonchev–Trinajstić information content (AvgIpc) is 3.48. The lowest BCUT2D eigenvalue weighted by Crippen LogP contribution is -2.39. The van der Waals surface area contributed by atoms with E-state index in [1.54, 1.807) is 11.1 Å². The standard InChI is InChI=1S/C21H22N6O2/c1-27-16(28)10-9-14(17(27)12-5-3-2-4-6-12)21-25-20(26-29-21)15-11-23-19(13-7-8-13)24-18(15)22/h2-6,11,13-14,17H,7-10H2,1H3,(H2,22,23,24). The number of aromatic nitrogens is 4. The van der Waals surface area contributed by atoms with E-state index >= 15 is 0 Å². The molecule has 2 fully saturated rings. The Morgan fingerprint density at radius 2 is 1.93 bits per heavy atom. The Balaban J connectivity index is 1.47. The molecular formula is C21H22N6O2. The zero-order valence-electron chi connectivity index (χ0n) is 16.2. The molecule has 3 aromatic rings. The molecule has 8 nitrogen and oxygen atoms in total. The minimum Gasteiger partial charge on any atom is -0.383 e. The first-order valence-electron chi connectivity index (χ1n) is 9.89. The fraction of sp³-hybridized carbons (Fsp3) is 0.381. The maximum absolute atomic E-state index is 12.3. The van der Waals surface area contributed by atoms with Crippen LogP contribution in [0.25, 0.3) is 11.4 Å². The number of likely N-dealkylation sites (tertiary alicyclic amines) is 1. The Morgan fingerprint density at radius 1 is 1.14 bits per heavy atom. The number of nitrogen functional groups attached to an aromatic ring is 1. The van der Waals surface area contributed by atoms with Crippen LogP contribution in [0.4, 0.5) is 5.82 Å². The Hall–Kier alpha value is -3.29. The van der Waals surface area contributed by atoms with E-state index in [4.69, 9.17) is 10.3 Å². The van der Waals surface area contributed by atoms with Crippen molar-refractivity contribution in [2.75, 3.05) is 12.8 Å². The van der Waals surface area contributed by atoms with Crippen molar-refractivity contribution in [3.8, 4) is 11.4 Å². The van der Waals surface area contributed by atoms with Gasteiger partial charge in [-0.2, -0.15) is 4.98 Å². The summed E-state index contributed by atoms with van der Waals surface area (Å²) in [5.41, 5.74) is 7.76. The molecule has 0 spiro atoms. The first-order valence-corrected chi connectivity index (χ1v) is 9.89. The van der Waals surface area contributed by atoms with Crippen molar-refractivity contribution in [2.24, 2.45) is 0 Å². The molecule has 2 N–H and O–H groups in total. The number of hydrogen-bond acceptors (Lipinski definition) is 7. The summed E-state index contributed by atoms with van der Waals surface area (Å²) in [7, 11) is 1.83. The third-order valence-corrected chi connectivity index (χ3v) is 5.78. The normalized spacial score (nSPS) is 22.1. The van der Waals surface area contributed by atoms with Crippen molar-refractivity contribution in [3.63, 3.8) is 0 Å². The molecule has 1 saturated heterocycles. The van der Waals surface area contributed by atoms with Crippen LogP contribution in [0, 0.1) is 0 Å². The third-order valence-electron chi connectivity index (χ3n) is 5.78. The molecule has 2 atom stereocenters. The molecule has 1 aliphatic carbocycles. The van der Waals surface area contributed by atoms with Crippen LogP contribution < -0.4 is 5.73 Å². The number of hydrogen-bond donors (Lipinski definition) is 1. The van der Waals surface area contributed by atoms with Crippen molar-refractivity contribution in [3.05, 3.63) is 53.8 Å². The van der Waals surface area contributed by atoms with Crippen molar-refractivity contribution in [1.29, 1.82) is 0 Å². The van der Waals surface area contributed by atoms with E-state index < -0.39 is 0 Å². The smallest absolute Gasteiger partial charge is 0.232 e. The van der Waals surface area contributed by atoms with Gasteiger partial charge in [0, 0.05) is 25.6 Å². The minimum atomic E-state index is -0.156. The predicted molar refractivity (Wildman–Crippen MR) is 106 cm³/mol. The highest BCUT2D eigenvalue weighted by molar-refractivity contribution is 5.77. The van der Waals surface area contributed by atoms with Crippen LogP contribution in [-0.4, -0.2) is 38.0 Å². The van der Waals surface area contributed by atoms with E-state index in [-0.39, 0.29) is 17.9 Å². The monoisotopic (exact) mass is 390 g/mol. The van der Waals surface area contributed by atoms with E-state index in [0.29, 0.717) is 41.9 Å². The number of likely N-dealkylation sites (N-methyl/N-ethyl adjacent to an activating group) is 1. The van der Waals surface area contributed by atoms with Gasteiger partial charge in [-0.3, -0.25) is 4.79 Å². The van der Waals surface area contributed by atoms with Crippen molar-refractivity contribution in [2.45, 2.75) is 43.6 Å². The molecule has 148 valence electrons. The summed E-state index contributed by atoms with van der Waals surface area (Å²) in [6.45, 7) is 0. The SMILES string of the molecule is CN1C(=O)CCC(c2nc(-c3cnc(C4CC4)nc3N)no2)C1c1ccccc1. The van der Waals surface area contributed by atoms with Gasteiger partial charge >= 0.3 is 0 Å². The summed E-state index contributed by atoms with van der Waals surface area (Å²) in [6.07, 6.45) is 5.00. The maximum atomic E-state index is 12.3. The molecule has 0 radical (unpaired) electrons. The fourth-order valence-electron chi connectivity index (χ4n) is 4.02. The molecule has 2 unspecified atom stereocenters. The zero-order valence-corrected chi connectivity index (χ0v) is 16.2. The fourth-order valence-corrected chi connectivity index (χ4v) is 4.02. The Labute approximate surface area is 168 Å². The largest absolute Gasteiger partial charge is 0.383 e. The van der Waals surface area contributed by atoms with Gasteiger partial charge in [-0.05, 0) is 24.8 Å². The summed E-state index contributed by atoms with van der Waals surface area (Å²) < 4.78 is 5.63. The Kier molecular flexibility index (Phi) is 4.26. The lowest BCUT2D eigenvalue weighted by atomic mass is 9.84. The van der Waals surface area contributed by atoms with Gasteiger partial charge in [-0.1, -0.05) is 35.5 Å². The lowest BCUT2D eigenvalue weighted by molar-refractivity contribution is -0.135. The van der Waals surface area contributed by atoms with Gasteiger partial charge in [0.2, 0.25) is 17.6 Å². The van der Waals surface area contributed by atoms with Crippen LogP contribution >= 0.6 is 0 Å². The number of piperidine rings is 1. The van der Waals surface area contributed by atoms with E-state index in [9.17, 15) is 4.79 Å². The van der Waals surface area contributed by atoms with Crippen LogP contribution in [0.3, 0.4) is 0 Å². The average molecular weight is 390 g/mol. The van der Waals surface area contributed by atoms with Gasteiger partial charge in [0.15, 0.2) is 0 Å². The third kappa shape index (κ3) is 3.24. The number of nitrogens with two attached hydrogens (primary N) is 1. The quantitative estimate of drug-likeness (QED) is 0.729. The van der Waals surface area contributed by atoms with Gasteiger partial charge in [-0.15, -0.1) is 0 Å². The molecule has 2 aliphatic rings. The Bertz CT molecular complexity index is 1050. The highest BCUT2D eigenvalue weighted by atomic mass is 16.5. The minimum absolute atomic E-state index is 0.0887. The second-order valence-electron chi connectivity index (χ2n) is 7.76. The van der Waals surface area contributed by atoms with Gasteiger partial charge in [0.25, 0.3) is 0 Å². The summed E-state index contributed by atoms with van der Waals surface area (Å²) >= 11 is 0. The molecule has 1 aliphatic heterocycles. The topological polar surface area (TPSA) is 111 Å². The van der Waals surface area contributed by atoms with Crippen LogP contribution in [0.1, 0.15) is 60.8 Å². The molecule has 29 heavy (non-hydrogen) atoms. The molecule has 1 aromatic carbocycles. The van der Waals surface area contributed by atoms with Gasteiger partial charge in [-0.25, -0.2) is 9.97 Å². The molecule has 0 bridgehead atoms. The van der Waals surface area contributed by atoms with Gasteiger partial charge in [0.1, 0.15) is 11.6 Å². The number of anilines is 1. The summed E-state index contributed by atoms with van der Waals surface area (Å²) in [6, 6.07) is 9.79. The van der Waals surface area contributed by atoms with Crippen LogP contribution in [-0.2, 0) is 4.79 Å². The first-order chi connectivity index (χ1) is 14.1. The highest BCUT2D eigenvalue weighted by Gasteiger charge is 2.39. The molecule has 1 saturated carbocycles. The number of rotatable bonds is 4. The Morgan fingerprint density at radius 3 is 2.66 bits per heavy atom. The highest BCUT2D eigenvalue weighted by Crippen LogP contribution is 2.42. The van der Waals surface area contributed by atoms with Gasteiger partial charge in [0.05, 0.1) is 17.5 Å². The molecular weight excluding hydrogens is 368 g/mol. The van der Waals surface area contributed by atoms with E-state index in [0.717, 1.165) is 24.2 Å². The number of carbonyl (C=O) groups is 1. The summed E-state index contributed by atoms with van der Waals surface area (Å²) in [5, 5.41) is 4.14. The van der Waals surface area contributed by atoms with Crippen LogP contribution in [0.15, 0.2) is 41.1 Å². The molecule has 3 heterocycles. The summed E-state index contributed by atoms with van der Waals surface area (Å²) in [5.74, 6) is 2.48. The first kappa shape index (κ1) is 17.8.